The van der Waals surface area contributed by atoms with Gasteiger partial charge in [-0.2, -0.15) is 0 Å². The number of likely N-dealkylation sites (N-methyl/N-ethyl adjacent to an activating group) is 1. The van der Waals surface area contributed by atoms with Crippen LogP contribution in [0.25, 0.3) is 0 Å². The van der Waals surface area contributed by atoms with Crippen LogP contribution in [-0.4, -0.2) is 39.3 Å². The van der Waals surface area contributed by atoms with Crippen molar-refractivity contribution in [2.45, 2.75) is 13.8 Å². The molecule has 0 saturated carbocycles. The Morgan fingerprint density at radius 3 is 2.61 bits per heavy atom. The Morgan fingerprint density at radius 2 is 2.00 bits per heavy atom. The molecule has 0 aliphatic heterocycles. The van der Waals surface area contributed by atoms with E-state index >= 15 is 0 Å². The maximum absolute atomic E-state index is 11.8. The van der Waals surface area contributed by atoms with Gasteiger partial charge in [-0.25, -0.2) is 4.79 Å². The summed E-state index contributed by atoms with van der Waals surface area (Å²) in [6.07, 6.45) is 0. The number of quaternary nitrogens is 1. The molecule has 0 atom stereocenters. The zero-order chi connectivity index (χ0) is 13.4. The summed E-state index contributed by atoms with van der Waals surface area (Å²) in [4.78, 5) is 13.2. The number of carbonyl (C=O) groups is 1. The van der Waals surface area contributed by atoms with Crippen LogP contribution in [0.15, 0.2) is 24.3 Å². The van der Waals surface area contributed by atoms with Crippen LogP contribution in [0.4, 0.5) is 0 Å². The van der Waals surface area contributed by atoms with E-state index in [0.717, 1.165) is 19.6 Å². The highest BCUT2D eigenvalue weighted by Gasteiger charge is 2.09. The Labute approximate surface area is 108 Å². The summed E-state index contributed by atoms with van der Waals surface area (Å²) in [5.41, 5.74) is 0.531. The van der Waals surface area contributed by atoms with Gasteiger partial charge in [-0.15, -0.1) is 0 Å². The van der Waals surface area contributed by atoms with Gasteiger partial charge in [0.15, 0.2) is 0 Å². The summed E-state index contributed by atoms with van der Waals surface area (Å²) in [5.74, 6) is 0.374. The molecular formula is C14H22NO3+. The highest BCUT2D eigenvalue weighted by molar-refractivity contribution is 5.89. The normalized spacial score (nSPS) is 10.4. The predicted molar refractivity (Wildman–Crippen MR) is 70.2 cm³/mol. The molecule has 0 amide bonds. The van der Waals surface area contributed by atoms with E-state index in [4.69, 9.17) is 9.47 Å². The first kappa shape index (κ1) is 14.5. The number of carbonyl (C=O) groups excluding carboxylic acids is 1. The third kappa shape index (κ3) is 4.37. The summed E-state index contributed by atoms with van der Waals surface area (Å²) in [5, 5.41) is 0. The van der Waals surface area contributed by atoms with Gasteiger partial charge in [0.05, 0.1) is 25.8 Å². The molecule has 4 heteroatoms. The van der Waals surface area contributed by atoms with Crippen molar-refractivity contribution in [1.29, 1.82) is 0 Å². The van der Waals surface area contributed by atoms with Crippen LogP contribution in [0.3, 0.4) is 0 Å². The van der Waals surface area contributed by atoms with Crippen LogP contribution in [0, 0.1) is 0 Å². The highest BCUT2D eigenvalue weighted by Crippen LogP contribution is 2.13. The summed E-state index contributed by atoms with van der Waals surface area (Å²) < 4.78 is 10.3. The first-order valence-electron chi connectivity index (χ1n) is 6.36. The minimum absolute atomic E-state index is 0.291. The number of methoxy groups -OCH3 is 1. The molecule has 0 saturated heterocycles. The average Bonchev–Trinajstić information content (AvgIpc) is 2.43. The van der Waals surface area contributed by atoms with Gasteiger partial charge in [-0.1, -0.05) is 6.07 Å². The third-order valence-corrected chi connectivity index (χ3v) is 2.99. The molecule has 1 aromatic rings. The number of ether oxygens (including phenoxy) is 2. The number of benzene rings is 1. The molecule has 100 valence electrons. The second-order valence-electron chi connectivity index (χ2n) is 4.07. The lowest BCUT2D eigenvalue weighted by molar-refractivity contribution is -0.896. The Bertz CT molecular complexity index is 375. The van der Waals surface area contributed by atoms with Crippen molar-refractivity contribution >= 4 is 5.97 Å². The number of rotatable bonds is 7. The molecule has 18 heavy (non-hydrogen) atoms. The number of hydrogen-bond acceptors (Lipinski definition) is 3. The molecule has 0 fully saturated rings. The molecule has 1 rings (SSSR count). The van der Waals surface area contributed by atoms with E-state index in [0.29, 0.717) is 17.9 Å². The molecule has 0 heterocycles. The van der Waals surface area contributed by atoms with Crippen molar-refractivity contribution in [3.63, 3.8) is 0 Å². The van der Waals surface area contributed by atoms with Crippen LogP contribution < -0.4 is 9.64 Å². The lowest BCUT2D eigenvalue weighted by Gasteiger charge is -2.15. The van der Waals surface area contributed by atoms with Crippen LogP contribution >= 0.6 is 0 Å². The van der Waals surface area contributed by atoms with Crippen molar-refractivity contribution in [1.82, 2.24) is 0 Å². The minimum atomic E-state index is -0.291. The Balaban J connectivity index is 2.45. The molecular weight excluding hydrogens is 230 g/mol. The molecule has 1 aromatic carbocycles. The molecule has 0 aromatic heterocycles. The fraction of sp³-hybridized carbons (Fsp3) is 0.500. The van der Waals surface area contributed by atoms with E-state index in [1.807, 2.05) is 0 Å². The van der Waals surface area contributed by atoms with Crippen LogP contribution in [0.1, 0.15) is 24.2 Å². The molecule has 0 unspecified atom stereocenters. The van der Waals surface area contributed by atoms with Crippen molar-refractivity contribution in [2.24, 2.45) is 0 Å². The van der Waals surface area contributed by atoms with Gasteiger partial charge in [0, 0.05) is 0 Å². The zero-order valence-corrected chi connectivity index (χ0v) is 11.4. The summed E-state index contributed by atoms with van der Waals surface area (Å²) in [7, 11) is 1.58. The second-order valence-corrected chi connectivity index (χ2v) is 4.07. The van der Waals surface area contributed by atoms with Gasteiger partial charge in [-0.3, -0.25) is 0 Å². The number of nitrogens with one attached hydrogen (secondary N) is 1. The zero-order valence-electron chi connectivity index (χ0n) is 11.4. The van der Waals surface area contributed by atoms with Gasteiger partial charge in [0.1, 0.15) is 18.9 Å². The lowest BCUT2D eigenvalue weighted by atomic mass is 10.2. The van der Waals surface area contributed by atoms with Gasteiger partial charge in [0.25, 0.3) is 0 Å². The second kappa shape index (κ2) is 7.71. The minimum Gasteiger partial charge on any atom is -0.497 e. The van der Waals surface area contributed by atoms with Crippen LogP contribution in [0.5, 0.6) is 5.75 Å². The molecule has 0 aliphatic carbocycles. The molecule has 1 N–H and O–H groups in total. The van der Waals surface area contributed by atoms with Crippen molar-refractivity contribution in [3.05, 3.63) is 29.8 Å². The van der Waals surface area contributed by atoms with Crippen LogP contribution in [0.2, 0.25) is 0 Å². The Kier molecular flexibility index (Phi) is 6.22. The molecule has 4 nitrogen and oxygen atoms in total. The Morgan fingerprint density at radius 1 is 1.28 bits per heavy atom. The van der Waals surface area contributed by atoms with Crippen molar-refractivity contribution in [2.75, 3.05) is 33.4 Å². The Hall–Kier alpha value is -1.55. The topological polar surface area (TPSA) is 40.0 Å². The average molecular weight is 252 g/mol. The largest absolute Gasteiger partial charge is 0.497 e. The van der Waals surface area contributed by atoms with Gasteiger partial charge in [0.2, 0.25) is 0 Å². The van der Waals surface area contributed by atoms with E-state index in [1.165, 1.54) is 4.90 Å². The monoisotopic (exact) mass is 252 g/mol. The van der Waals surface area contributed by atoms with Crippen molar-refractivity contribution < 1.29 is 19.2 Å². The standard InChI is InChI=1S/C14H21NO3/c1-4-15(5-2)9-10-18-14(16)12-7-6-8-13(11-12)17-3/h6-8,11H,4-5,9-10H2,1-3H3/p+1. The van der Waals surface area contributed by atoms with E-state index in [1.54, 1.807) is 31.4 Å². The maximum Gasteiger partial charge on any atom is 0.338 e. The van der Waals surface area contributed by atoms with Crippen molar-refractivity contribution in [3.8, 4) is 5.75 Å². The third-order valence-electron chi connectivity index (χ3n) is 2.99. The maximum atomic E-state index is 11.8. The lowest BCUT2D eigenvalue weighted by Crippen LogP contribution is -3.11. The summed E-state index contributed by atoms with van der Waals surface area (Å²) in [6.45, 7) is 7.65. The molecule has 0 radical (unpaired) electrons. The summed E-state index contributed by atoms with van der Waals surface area (Å²) >= 11 is 0. The van der Waals surface area contributed by atoms with E-state index in [-0.39, 0.29) is 5.97 Å². The fourth-order valence-electron chi connectivity index (χ4n) is 1.72. The number of esters is 1. The van der Waals surface area contributed by atoms with E-state index in [2.05, 4.69) is 13.8 Å². The first-order chi connectivity index (χ1) is 8.71. The molecule has 0 aliphatic rings. The van der Waals surface area contributed by atoms with Crippen LogP contribution in [-0.2, 0) is 4.74 Å². The van der Waals surface area contributed by atoms with Gasteiger partial charge in [-0.05, 0) is 32.0 Å². The quantitative estimate of drug-likeness (QED) is 0.729. The highest BCUT2D eigenvalue weighted by atomic mass is 16.5. The SMILES string of the molecule is CC[NH+](CC)CCOC(=O)c1cccc(OC)c1. The van der Waals surface area contributed by atoms with Gasteiger partial charge < -0.3 is 14.4 Å². The van der Waals surface area contributed by atoms with E-state index < -0.39 is 0 Å². The van der Waals surface area contributed by atoms with E-state index in [9.17, 15) is 4.79 Å². The summed E-state index contributed by atoms with van der Waals surface area (Å²) in [6, 6.07) is 7.00. The number of hydrogen-bond donors (Lipinski definition) is 1. The molecule has 0 spiro atoms. The molecule has 0 bridgehead atoms. The van der Waals surface area contributed by atoms with Gasteiger partial charge >= 0.3 is 5.97 Å². The first-order valence-corrected chi connectivity index (χ1v) is 6.36. The smallest absolute Gasteiger partial charge is 0.338 e. The predicted octanol–water partition coefficient (Wildman–Crippen LogP) is 0.777. The fourth-order valence-corrected chi connectivity index (χ4v) is 1.72.